The number of nitrogens with two attached hydrogens (primary N) is 1. The average Bonchev–Trinajstić information content (AvgIpc) is 2.68. The van der Waals surface area contributed by atoms with Gasteiger partial charge in [-0.25, -0.2) is 0 Å². The number of likely N-dealkylation sites (tertiary alicyclic amines) is 1. The van der Waals surface area contributed by atoms with E-state index < -0.39 is 0 Å². The summed E-state index contributed by atoms with van der Waals surface area (Å²) in [4.78, 5) is 15.3. The first-order valence-corrected chi connectivity index (χ1v) is 11.0. The lowest BCUT2D eigenvalue weighted by molar-refractivity contribution is -0.128. The van der Waals surface area contributed by atoms with Gasteiger partial charge in [0.05, 0.1) is 0 Å². The lowest BCUT2D eigenvalue weighted by Crippen LogP contribution is -2.49. The molecule has 6 heteroatoms. The summed E-state index contributed by atoms with van der Waals surface area (Å²) < 4.78 is 0. The van der Waals surface area contributed by atoms with Gasteiger partial charge >= 0.3 is 0 Å². The molecule has 2 saturated carbocycles. The van der Waals surface area contributed by atoms with E-state index in [0.29, 0.717) is 29.7 Å². The van der Waals surface area contributed by atoms with Gasteiger partial charge in [-0.15, -0.1) is 24.8 Å². The first-order valence-electron chi connectivity index (χ1n) is 11.0. The highest BCUT2D eigenvalue weighted by Gasteiger charge is 2.40. The van der Waals surface area contributed by atoms with Gasteiger partial charge in [-0.3, -0.25) is 9.69 Å². The van der Waals surface area contributed by atoms with Crippen LogP contribution in [0.3, 0.4) is 0 Å². The lowest BCUT2D eigenvalue weighted by atomic mass is 9.65. The predicted octanol–water partition coefficient (Wildman–Crippen LogP) is 4.01. The lowest BCUT2D eigenvalue weighted by Gasteiger charge is -2.43. The molecule has 1 amide bonds. The van der Waals surface area contributed by atoms with Crippen molar-refractivity contribution in [2.75, 3.05) is 19.6 Å². The van der Waals surface area contributed by atoms with Gasteiger partial charge in [0, 0.05) is 25.0 Å². The maximum absolute atomic E-state index is 12.7. The Kier molecular flexibility index (Phi) is 9.74. The zero-order valence-electron chi connectivity index (χ0n) is 17.3. The fourth-order valence-electron chi connectivity index (χ4n) is 5.58. The number of hydrogen-bond acceptors (Lipinski definition) is 3. The number of benzene rings is 1. The van der Waals surface area contributed by atoms with E-state index in [-0.39, 0.29) is 30.7 Å². The molecule has 1 heterocycles. The molecule has 0 aromatic heterocycles. The van der Waals surface area contributed by atoms with Gasteiger partial charge in [-0.05, 0) is 74.9 Å². The number of amides is 1. The van der Waals surface area contributed by atoms with Crippen LogP contribution in [0.4, 0.5) is 0 Å². The van der Waals surface area contributed by atoms with Gasteiger partial charge in [0.25, 0.3) is 0 Å². The monoisotopic (exact) mass is 441 g/mol. The molecule has 3 fully saturated rings. The minimum atomic E-state index is 0. The standard InChI is InChI=1S/C23H35N3O.2ClH/c24-22-19-7-4-8-20(22)14-21(13-19)23(27)25-15-17-9-11-26(12-10-17)16-18-5-2-1-3-6-18;;/h1-3,5-6,17,19-22H,4,7-16,24H2,(H,25,27);2*1H. The third kappa shape index (κ3) is 6.33. The second-order valence-electron chi connectivity index (χ2n) is 9.15. The number of rotatable bonds is 5. The van der Waals surface area contributed by atoms with Crippen molar-refractivity contribution in [3.05, 3.63) is 35.9 Å². The van der Waals surface area contributed by atoms with Gasteiger partial charge < -0.3 is 11.1 Å². The summed E-state index contributed by atoms with van der Waals surface area (Å²) in [5, 5.41) is 3.29. The van der Waals surface area contributed by atoms with Crippen molar-refractivity contribution in [2.24, 2.45) is 29.4 Å². The molecule has 29 heavy (non-hydrogen) atoms. The number of fused-ring (bicyclic) bond motifs is 2. The smallest absolute Gasteiger partial charge is 0.223 e. The molecule has 3 N–H and O–H groups in total. The van der Waals surface area contributed by atoms with E-state index >= 15 is 0 Å². The number of piperidine rings is 1. The topological polar surface area (TPSA) is 58.4 Å². The highest BCUT2D eigenvalue weighted by molar-refractivity contribution is 5.85. The molecule has 3 aliphatic rings. The molecule has 1 aromatic rings. The fourth-order valence-corrected chi connectivity index (χ4v) is 5.58. The molecular formula is C23H37Cl2N3O. The van der Waals surface area contributed by atoms with Crippen molar-refractivity contribution in [1.82, 2.24) is 10.2 Å². The second-order valence-corrected chi connectivity index (χ2v) is 9.15. The number of hydrogen-bond donors (Lipinski definition) is 2. The van der Waals surface area contributed by atoms with E-state index in [9.17, 15) is 4.79 Å². The normalized spacial score (nSPS) is 30.0. The minimum absolute atomic E-state index is 0. The van der Waals surface area contributed by atoms with E-state index in [0.717, 1.165) is 39.0 Å². The van der Waals surface area contributed by atoms with Crippen LogP contribution in [-0.2, 0) is 11.3 Å². The number of carbonyl (C=O) groups is 1. The molecule has 4 rings (SSSR count). The number of carbonyl (C=O) groups excluding carboxylic acids is 1. The van der Waals surface area contributed by atoms with Crippen LogP contribution in [0.1, 0.15) is 50.5 Å². The van der Waals surface area contributed by atoms with Crippen molar-refractivity contribution in [2.45, 2.75) is 57.5 Å². The second kappa shape index (κ2) is 11.5. The van der Waals surface area contributed by atoms with Gasteiger partial charge in [0.1, 0.15) is 0 Å². The molecule has 2 atom stereocenters. The van der Waals surface area contributed by atoms with E-state index in [4.69, 9.17) is 5.73 Å². The molecule has 1 aliphatic heterocycles. The van der Waals surface area contributed by atoms with Crippen LogP contribution in [0, 0.1) is 23.7 Å². The molecule has 4 nitrogen and oxygen atoms in total. The Labute approximate surface area is 188 Å². The van der Waals surface area contributed by atoms with Crippen LogP contribution >= 0.6 is 24.8 Å². The van der Waals surface area contributed by atoms with Crippen LogP contribution in [-0.4, -0.2) is 36.5 Å². The quantitative estimate of drug-likeness (QED) is 0.725. The van der Waals surface area contributed by atoms with Crippen molar-refractivity contribution in [1.29, 1.82) is 0 Å². The predicted molar refractivity (Wildman–Crippen MR) is 123 cm³/mol. The zero-order valence-corrected chi connectivity index (χ0v) is 18.9. The molecule has 0 spiro atoms. The van der Waals surface area contributed by atoms with Gasteiger partial charge in [0.15, 0.2) is 0 Å². The van der Waals surface area contributed by atoms with Crippen molar-refractivity contribution >= 4 is 30.7 Å². The third-order valence-electron chi connectivity index (χ3n) is 7.30. The Morgan fingerprint density at radius 2 is 1.62 bits per heavy atom. The summed E-state index contributed by atoms with van der Waals surface area (Å²) in [6, 6.07) is 11.1. The van der Waals surface area contributed by atoms with Crippen molar-refractivity contribution in [3.63, 3.8) is 0 Å². The summed E-state index contributed by atoms with van der Waals surface area (Å²) in [5.74, 6) is 2.29. The Morgan fingerprint density at radius 1 is 1.00 bits per heavy atom. The molecular weight excluding hydrogens is 405 g/mol. The number of halogens is 2. The molecule has 0 radical (unpaired) electrons. The minimum Gasteiger partial charge on any atom is -0.356 e. The van der Waals surface area contributed by atoms with Crippen molar-refractivity contribution < 1.29 is 4.79 Å². The highest BCUT2D eigenvalue weighted by atomic mass is 35.5. The van der Waals surface area contributed by atoms with Crippen LogP contribution < -0.4 is 11.1 Å². The number of nitrogens with one attached hydrogen (secondary N) is 1. The molecule has 2 unspecified atom stereocenters. The van der Waals surface area contributed by atoms with Gasteiger partial charge in [-0.2, -0.15) is 0 Å². The van der Waals surface area contributed by atoms with E-state index in [2.05, 4.69) is 40.5 Å². The Hall–Kier alpha value is -0.810. The van der Waals surface area contributed by atoms with Crippen molar-refractivity contribution in [3.8, 4) is 0 Å². The molecule has 2 bridgehead atoms. The first kappa shape index (κ1) is 24.5. The maximum atomic E-state index is 12.7. The SMILES string of the molecule is Cl.Cl.NC1C2CCCC1CC(C(=O)NCC1CCN(Cc3ccccc3)CC1)C2. The van der Waals surface area contributed by atoms with Gasteiger partial charge in [-0.1, -0.05) is 36.8 Å². The fraction of sp³-hybridized carbons (Fsp3) is 0.696. The third-order valence-corrected chi connectivity index (χ3v) is 7.30. The summed E-state index contributed by atoms with van der Waals surface area (Å²) in [5.41, 5.74) is 7.76. The molecule has 164 valence electrons. The Morgan fingerprint density at radius 3 is 2.24 bits per heavy atom. The van der Waals surface area contributed by atoms with Crippen LogP contribution in [0.2, 0.25) is 0 Å². The Bertz CT molecular complexity index is 608. The average molecular weight is 442 g/mol. The van der Waals surface area contributed by atoms with Crippen LogP contribution in [0.15, 0.2) is 30.3 Å². The van der Waals surface area contributed by atoms with Crippen LogP contribution in [0.25, 0.3) is 0 Å². The molecule has 1 aromatic carbocycles. The van der Waals surface area contributed by atoms with E-state index in [1.54, 1.807) is 0 Å². The largest absolute Gasteiger partial charge is 0.356 e. The molecule has 2 aliphatic carbocycles. The maximum Gasteiger partial charge on any atom is 0.223 e. The summed E-state index contributed by atoms with van der Waals surface area (Å²) in [7, 11) is 0. The van der Waals surface area contributed by atoms with Gasteiger partial charge in [0.2, 0.25) is 5.91 Å². The summed E-state index contributed by atoms with van der Waals surface area (Å²) in [6.07, 6.45) is 8.15. The van der Waals surface area contributed by atoms with E-state index in [1.807, 2.05) is 0 Å². The molecule has 1 saturated heterocycles. The summed E-state index contributed by atoms with van der Waals surface area (Å²) >= 11 is 0. The zero-order chi connectivity index (χ0) is 18.6. The van der Waals surface area contributed by atoms with Crippen LogP contribution in [0.5, 0.6) is 0 Å². The highest BCUT2D eigenvalue weighted by Crippen LogP contribution is 2.41. The number of nitrogens with zero attached hydrogens (tertiary/aromatic N) is 1. The summed E-state index contributed by atoms with van der Waals surface area (Å²) in [6.45, 7) is 4.18. The first-order chi connectivity index (χ1) is 13.2. The van der Waals surface area contributed by atoms with E-state index in [1.165, 1.54) is 37.7 Å². The Balaban J connectivity index is 0.00000150.